The molecule has 0 aliphatic heterocycles. The lowest BCUT2D eigenvalue weighted by molar-refractivity contribution is 0.567. The van der Waals surface area contributed by atoms with Crippen molar-refractivity contribution in [3.05, 3.63) is 27.1 Å². The molecule has 1 aromatic heterocycles. The summed E-state index contributed by atoms with van der Waals surface area (Å²) in [6.45, 7) is 6.56. The second-order valence-corrected chi connectivity index (χ2v) is 4.81. The first-order chi connectivity index (χ1) is 6.02. The number of nitrogens with zero attached hydrogens (tertiary/aromatic N) is 1. The third-order valence-corrected chi connectivity index (χ3v) is 3.52. The average Bonchev–Trinajstić information content (AvgIpc) is 2.29. The summed E-state index contributed by atoms with van der Waals surface area (Å²) in [4.78, 5) is 4.86. The highest BCUT2D eigenvalue weighted by Gasteiger charge is 2.04. The summed E-state index contributed by atoms with van der Waals surface area (Å²) in [5, 5.41) is 0. The molecule has 13 heavy (non-hydrogen) atoms. The Bertz CT molecular complexity index is 321. The van der Waals surface area contributed by atoms with E-state index < -0.39 is 0 Å². The van der Waals surface area contributed by atoms with Crippen LogP contribution >= 0.6 is 11.3 Å². The number of thiophene rings is 1. The molecule has 0 aliphatic rings. The van der Waals surface area contributed by atoms with Gasteiger partial charge in [-0.3, -0.25) is 0 Å². The van der Waals surface area contributed by atoms with Gasteiger partial charge in [-0.1, -0.05) is 0 Å². The monoisotopic (exact) mass is 195 g/mol. The third-order valence-electron chi connectivity index (χ3n) is 2.25. The van der Waals surface area contributed by atoms with Crippen molar-refractivity contribution in [3.63, 3.8) is 0 Å². The van der Waals surface area contributed by atoms with Crippen molar-refractivity contribution in [1.82, 2.24) is 4.90 Å². The van der Waals surface area contributed by atoms with E-state index in [0.29, 0.717) is 0 Å². The Labute approximate surface area is 84.7 Å². The van der Waals surface area contributed by atoms with Gasteiger partial charge >= 0.3 is 0 Å². The fourth-order valence-electron chi connectivity index (χ4n) is 1.14. The Kier molecular flexibility index (Phi) is 3.15. The van der Waals surface area contributed by atoms with Crippen molar-refractivity contribution < 1.29 is 0 Å². The zero-order valence-electron chi connectivity index (χ0n) is 9.01. The Morgan fingerprint density at radius 3 is 2.08 bits per heavy atom. The van der Waals surface area contributed by atoms with Crippen LogP contribution in [0.25, 0.3) is 6.08 Å². The fraction of sp³-hybridized carbons (Fsp3) is 0.455. The van der Waals surface area contributed by atoms with Gasteiger partial charge in [0.2, 0.25) is 0 Å². The normalized spacial score (nSPS) is 11.2. The number of rotatable bonds is 2. The molecule has 0 aromatic carbocycles. The van der Waals surface area contributed by atoms with E-state index in [4.69, 9.17) is 0 Å². The van der Waals surface area contributed by atoms with Crippen molar-refractivity contribution in [2.75, 3.05) is 14.1 Å². The molecule has 0 fully saturated rings. The molecule has 0 bridgehead atoms. The summed E-state index contributed by atoms with van der Waals surface area (Å²) in [7, 11) is 4.08. The van der Waals surface area contributed by atoms with Crippen LogP contribution in [-0.2, 0) is 0 Å². The van der Waals surface area contributed by atoms with Gasteiger partial charge in [0.1, 0.15) is 0 Å². The van der Waals surface area contributed by atoms with Crippen molar-refractivity contribution in [1.29, 1.82) is 0 Å². The molecule has 0 aliphatic carbocycles. The number of aryl methyl sites for hydroxylation is 1. The van der Waals surface area contributed by atoms with Crippen LogP contribution in [0, 0.1) is 20.8 Å². The minimum atomic E-state index is 1.38. The highest BCUT2D eigenvalue weighted by molar-refractivity contribution is 7.13. The van der Waals surface area contributed by atoms with E-state index >= 15 is 0 Å². The Morgan fingerprint density at radius 1 is 1.08 bits per heavy atom. The highest BCUT2D eigenvalue weighted by atomic mass is 32.1. The molecule has 0 spiro atoms. The maximum atomic E-state index is 2.19. The van der Waals surface area contributed by atoms with Crippen molar-refractivity contribution in [2.45, 2.75) is 20.8 Å². The summed E-state index contributed by atoms with van der Waals surface area (Å²) in [6.07, 6.45) is 4.28. The molecule has 0 atom stereocenters. The van der Waals surface area contributed by atoms with Crippen LogP contribution in [0.1, 0.15) is 20.9 Å². The Balaban J connectivity index is 2.96. The van der Waals surface area contributed by atoms with Gasteiger partial charge in [-0.25, -0.2) is 0 Å². The predicted molar refractivity (Wildman–Crippen MR) is 61.3 cm³/mol. The fourth-order valence-corrected chi connectivity index (χ4v) is 2.21. The zero-order chi connectivity index (χ0) is 10.0. The van der Waals surface area contributed by atoms with Crippen LogP contribution in [0.2, 0.25) is 0 Å². The molecule has 0 radical (unpaired) electrons. The Morgan fingerprint density at radius 2 is 1.69 bits per heavy atom. The molecule has 72 valence electrons. The topological polar surface area (TPSA) is 3.24 Å². The summed E-state index contributed by atoms with van der Waals surface area (Å²) in [5.74, 6) is 0. The van der Waals surface area contributed by atoms with Crippen LogP contribution in [0.4, 0.5) is 0 Å². The van der Waals surface area contributed by atoms with Crippen molar-refractivity contribution >= 4 is 17.4 Å². The molecule has 1 aromatic rings. The van der Waals surface area contributed by atoms with Gasteiger partial charge in [-0.15, -0.1) is 11.3 Å². The average molecular weight is 195 g/mol. The van der Waals surface area contributed by atoms with Crippen LogP contribution in [-0.4, -0.2) is 19.0 Å². The predicted octanol–water partition coefficient (Wildman–Crippen LogP) is 3.21. The van der Waals surface area contributed by atoms with E-state index in [1.807, 2.05) is 25.4 Å². The van der Waals surface area contributed by atoms with Crippen LogP contribution in [0.15, 0.2) is 6.20 Å². The molecule has 0 unspecified atom stereocenters. The van der Waals surface area contributed by atoms with Crippen molar-refractivity contribution in [3.8, 4) is 0 Å². The first-order valence-corrected chi connectivity index (χ1v) is 5.25. The van der Waals surface area contributed by atoms with Gasteiger partial charge in [-0.05, 0) is 44.2 Å². The maximum Gasteiger partial charge on any atom is 0.0319 e. The van der Waals surface area contributed by atoms with Crippen molar-refractivity contribution in [2.24, 2.45) is 0 Å². The van der Waals surface area contributed by atoms with Crippen LogP contribution in [0.5, 0.6) is 0 Å². The maximum absolute atomic E-state index is 2.19. The second kappa shape index (κ2) is 3.97. The molecule has 1 nitrogen and oxygen atoms in total. The molecule has 0 N–H and O–H groups in total. The van der Waals surface area contributed by atoms with Crippen LogP contribution in [0.3, 0.4) is 0 Å². The van der Waals surface area contributed by atoms with E-state index in [0.717, 1.165) is 0 Å². The molecular weight excluding hydrogens is 178 g/mol. The van der Waals surface area contributed by atoms with Gasteiger partial charge in [-0.2, -0.15) is 0 Å². The van der Waals surface area contributed by atoms with Gasteiger partial charge in [0.25, 0.3) is 0 Å². The summed E-state index contributed by atoms with van der Waals surface area (Å²) in [6, 6.07) is 0. The first-order valence-electron chi connectivity index (χ1n) is 4.43. The summed E-state index contributed by atoms with van der Waals surface area (Å²) in [5.41, 5.74) is 2.85. The smallest absolute Gasteiger partial charge is 0.0319 e. The lowest BCUT2D eigenvalue weighted by atomic mass is 10.1. The quantitative estimate of drug-likeness (QED) is 0.700. The lowest BCUT2D eigenvalue weighted by Gasteiger charge is -2.02. The van der Waals surface area contributed by atoms with E-state index in [1.54, 1.807) is 0 Å². The number of hydrogen-bond donors (Lipinski definition) is 0. The second-order valence-electron chi connectivity index (χ2n) is 3.55. The molecule has 1 heterocycles. The molecule has 0 saturated heterocycles. The van der Waals surface area contributed by atoms with Gasteiger partial charge in [0.05, 0.1) is 0 Å². The summed E-state index contributed by atoms with van der Waals surface area (Å²) < 4.78 is 0. The molecule has 1 rings (SSSR count). The first kappa shape index (κ1) is 10.3. The SMILES string of the molecule is Cc1sc(C=CN(C)C)c(C)c1C. The van der Waals surface area contributed by atoms with E-state index in [-0.39, 0.29) is 0 Å². The Hall–Kier alpha value is -0.760. The van der Waals surface area contributed by atoms with Gasteiger partial charge in [0.15, 0.2) is 0 Å². The van der Waals surface area contributed by atoms with Gasteiger partial charge in [0, 0.05) is 23.8 Å². The third kappa shape index (κ3) is 2.34. The molecule has 0 saturated carbocycles. The molecule has 2 heteroatoms. The minimum Gasteiger partial charge on any atom is -0.383 e. The van der Waals surface area contributed by atoms with Crippen LogP contribution < -0.4 is 0 Å². The number of hydrogen-bond acceptors (Lipinski definition) is 2. The lowest BCUT2D eigenvalue weighted by Crippen LogP contribution is -1.99. The van der Waals surface area contributed by atoms with E-state index in [9.17, 15) is 0 Å². The zero-order valence-corrected chi connectivity index (χ0v) is 9.83. The molecular formula is C11H17NS. The highest BCUT2D eigenvalue weighted by Crippen LogP contribution is 2.27. The largest absolute Gasteiger partial charge is 0.383 e. The standard InChI is InChI=1S/C11H17NS/c1-8-9(2)11(13-10(8)3)6-7-12(4)5/h6-7H,1-5H3. The van der Waals surface area contributed by atoms with Gasteiger partial charge < -0.3 is 4.90 Å². The molecule has 0 amide bonds. The van der Waals surface area contributed by atoms with E-state index in [1.165, 1.54) is 20.9 Å². The summed E-state index contributed by atoms with van der Waals surface area (Å²) >= 11 is 1.87. The minimum absolute atomic E-state index is 1.38. The van der Waals surface area contributed by atoms with E-state index in [2.05, 4.69) is 37.9 Å².